The van der Waals surface area contributed by atoms with Crippen LogP contribution in [0, 0.1) is 6.92 Å². The minimum absolute atomic E-state index is 0.108. The highest BCUT2D eigenvalue weighted by Crippen LogP contribution is 2.40. The molecule has 0 saturated carbocycles. The minimum Gasteiger partial charge on any atom is -0.343 e. The molecule has 0 spiro atoms. The van der Waals surface area contributed by atoms with Crippen LogP contribution in [0.4, 0.5) is 0 Å². The van der Waals surface area contributed by atoms with Crippen LogP contribution in [-0.2, 0) is 25.3 Å². The Balaban J connectivity index is 2.58. The third kappa shape index (κ3) is 2.42. The topological polar surface area (TPSA) is 78.6 Å². The lowest BCUT2D eigenvalue weighted by Gasteiger charge is -2.25. The summed E-state index contributed by atoms with van der Waals surface area (Å²) >= 11 is 4.43. The molecule has 1 fully saturated rings. The van der Waals surface area contributed by atoms with Crippen LogP contribution in [0.1, 0.15) is 10.4 Å². The van der Waals surface area contributed by atoms with E-state index >= 15 is 0 Å². The zero-order chi connectivity index (χ0) is 12.7. The van der Waals surface area contributed by atoms with E-state index in [1.54, 1.807) is 6.07 Å². The number of hydrogen-bond acceptors (Lipinski definition) is 5. The van der Waals surface area contributed by atoms with E-state index in [2.05, 4.69) is 15.9 Å². The molecule has 2 rings (SSSR count). The summed E-state index contributed by atoms with van der Waals surface area (Å²) in [5, 5.41) is 5.57. The summed E-state index contributed by atoms with van der Waals surface area (Å²) in [5.41, 5.74) is 0.483. The summed E-state index contributed by atoms with van der Waals surface area (Å²) < 4.78 is 34.3. The number of alkyl halides is 1. The van der Waals surface area contributed by atoms with Crippen molar-refractivity contribution in [2.24, 2.45) is 5.14 Å². The Morgan fingerprint density at radius 1 is 1.53 bits per heavy atom. The van der Waals surface area contributed by atoms with Crippen LogP contribution in [0.5, 0.6) is 0 Å². The molecule has 2 N–H and O–H groups in total. The number of sulfonamides is 1. The first-order valence-corrected chi connectivity index (χ1v) is 8.35. The van der Waals surface area contributed by atoms with E-state index in [1.165, 1.54) is 0 Å². The fraction of sp³-hybridized carbons (Fsp3) is 0.556. The Morgan fingerprint density at radius 3 is 2.59 bits per heavy atom. The molecular weight excluding hydrogens is 330 g/mol. The molecule has 0 aliphatic carbocycles. The number of halogens is 1. The molecular formula is C9H12BrNO4S2. The first kappa shape index (κ1) is 13.4. The molecule has 0 bridgehead atoms. The fourth-order valence-electron chi connectivity index (χ4n) is 1.73. The lowest BCUT2D eigenvalue weighted by Crippen LogP contribution is -2.31. The van der Waals surface area contributed by atoms with Crippen molar-refractivity contribution in [2.75, 3.05) is 18.5 Å². The summed E-state index contributed by atoms with van der Waals surface area (Å²) in [4.78, 5) is 0.850. The summed E-state index contributed by atoms with van der Waals surface area (Å²) in [6, 6.07) is 1.75. The van der Waals surface area contributed by atoms with Gasteiger partial charge in [-0.25, -0.2) is 13.6 Å². The van der Waals surface area contributed by atoms with Gasteiger partial charge in [-0.1, -0.05) is 15.9 Å². The Labute approximate surface area is 112 Å². The van der Waals surface area contributed by atoms with Gasteiger partial charge in [-0.15, -0.1) is 11.3 Å². The van der Waals surface area contributed by atoms with Crippen molar-refractivity contribution in [3.63, 3.8) is 0 Å². The van der Waals surface area contributed by atoms with Gasteiger partial charge in [-0.2, -0.15) is 0 Å². The molecule has 1 aromatic rings. The predicted molar refractivity (Wildman–Crippen MR) is 67.8 cm³/mol. The largest absolute Gasteiger partial charge is 0.343 e. The summed E-state index contributed by atoms with van der Waals surface area (Å²) in [6.45, 7) is 2.69. The quantitative estimate of drug-likeness (QED) is 0.840. The van der Waals surface area contributed by atoms with E-state index in [1.807, 2.05) is 6.92 Å². The van der Waals surface area contributed by atoms with Crippen molar-refractivity contribution in [1.29, 1.82) is 0 Å². The molecule has 2 heterocycles. The minimum atomic E-state index is -3.76. The summed E-state index contributed by atoms with van der Waals surface area (Å²) in [7, 11) is -3.76. The maximum atomic E-state index is 11.5. The number of thiophene rings is 1. The van der Waals surface area contributed by atoms with Crippen LogP contribution in [0.3, 0.4) is 0 Å². The smallest absolute Gasteiger partial charge is 0.248 e. The number of ether oxygens (including phenoxy) is 2. The lowest BCUT2D eigenvalue weighted by molar-refractivity contribution is -0.145. The highest BCUT2D eigenvalue weighted by molar-refractivity contribution is 9.09. The number of primary sulfonamides is 1. The standard InChI is InChI=1S/C9H12BrNO4S2/c1-6-4-7(8(16-6)17(11,12)13)9(5-10)14-2-3-15-9/h4H,2-3,5H2,1H3,(H2,11,12,13). The molecule has 1 aromatic heterocycles. The predicted octanol–water partition coefficient (Wildman–Crippen LogP) is 1.30. The van der Waals surface area contributed by atoms with Crippen molar-refractivity contribution in [2.45, 2.75) is 16.9 Å². The van der Waals surface area contributed by atoms with Gasteiger partial charge in [0.05, 0.1) is 18.5 Å². The molecule has 1 aliphatic heterocycles. The second-order valence-electron chi connectivity index (χ2n) is 3.69. The molecule has 0 aromatic carbocycles. The third-order valence-corrected chi connectivity index (χ3v) is 5.69. The van der Waals surface area contributed by atoms with Gasteiger partial charge in [-0.3, -0.25) is 0 Å². The zero-order valence-corrected chi connectivity index (χ0v) is 12.3. The molecule has 1 saturated heterocycles. The van der Waals surface area contributed by atoms with Gasteiger partial charge in [0.25, 0.3) is 0 Å². The second-order valence-corrected chi connectivity index (χ2v) is 7.26. The number of aryl methyl sites for hydroxylation is 1. The average molecular weight is 342 g/mol. The van der Waals surface area contributed by atoms with Crippen molar-refractivity contribution >= 4 is 37.3 Å². The molecule has 17 heavy (non-hydrogen) atoms. The van der Waals surface area contributed by atoms with Gasteiger partial charge in [0.15, 0.2) is 0 Å². The molecule has 0 unspecified atom stereocenters. The van der Waals surface area contributed by atoms with Gasteiger partial charge in [-0.05, 0) is 13.0 Å². The molecule has 0 atom stereocenters. The zero-order valence-electron chi connectivity index (χ0n) is 9.10. The van der Waals surface area contributed by atoms with Crippen LogP contribution < -0.4 is 5.14 Å². The van der Waals surface area contributed by atoms with Crippen molar-refractivity contribution < 1.29 is 17.9 Å². The van der Waals surface area contributed by atoms with Crippen molar-refractivity contribution in [3.8, 4) is 0 Å². The van der Waals surface area contributed by atoms with Gasteiger partial charge < -0.3 is 9.47 Å². The van der Waals surface area contributed by atoms with Gasteiger partial charge in [0, 0.05) is 10.4 Å². The normalized spacial score (nSPS) is 19.7. The van der Waals surface area contributed by atoms with Crippen molar-refractivity contribution in [1.82, 2.24) is 0 Å². The first-order valence-electron chi connectivity index (χ1n) is 4.87. The number of hydrogen-bond donors (Lipinski definition) is 1. The molecule has 0 radical (unpaired) electrons. The third-order valence-electron chi connectivity index (χ3n) is 2.42. The van der Waals surface area contributed by atoms with E-state index in [-0.39, 0.29) is 4.21 Å². The Kier molecular flexibility index (Phi) is 3.64. The second kappa shape index (κ2) is 4.60. The molecule has 96 valence electrons. The van der Waals surface area contributed by atoms with Crippen LogP contribution in [0.2, 0.25) is 0 Å². The summed E-state index contributed by atoms with van der Waals surface area (Å²) in [5.74, 6) is -1.04. The number of nitrogens with two attached hydrogens (primary N) is 1. The van der Waals surface area contributed by atoms with Gasteiger partial charge in [0.1, 0.15) is 4.21 Å². The molecule has 5 nitrogen and oxygen atoms in total. The van der Waals surface area contributed by atoms with Crippen molar-refractivity contribution in [3.05, 3.63) is 16.5 Å². The van der Waals surface area contributed by atoms with E-state index < -0.39 is 15.8 Å². The lowest BCUT2D eigenvalue weighted by atomic mass is 10.1. The van der Waals surface area contributed by atoms with Crippen LogP contribution in [0.25, 0.3) is 0 Å². The van der Waals surface area contributed by atoms with E-state index in [4.69, 9.17) is 14.6 Å². The fourth-order valence-corrected chi connectivity index (χ4v) is 4.53. The molecule has 1 aliphatic rings. The van der Waals surface area contributed by atoms with E-state index in [9.17, 15) is 8.42 Å². The van der Waals surface area contributed by atoms with Crippen LogP contribution in [0.15, 0.2) is 10.3 Å². The maximum absolute atomic E-state index is 11.5. The van der Waals surface area contributed by atoms with E-state index in [0.29, 0.717) is 24.1 Å². The average Bonchev–Trinajstić information content (AvgIpc) is 2.83. The molecule has 8 heteroatoms. The maximum Gasteiger partial charge on any atom is 0.248 e. The first-order chi connectivity index (χ1) is 7.89. The van der Waals surface area contributed by atoms with Gasteiger partial charge in [0.2, 0.25) is 15.8 Å². The number of rotatable bonds is 3. The van der Waals surface area contributed by atoms with E-state index in [0.717, 1.165) is 16.2 Å². The Morgan fingerprint density at radius 2 is 2.12 bits per heavy atom. The Hall–Kier alpha value is 0.01000. The van der Waals surface area contributed by atoms with Crippen LogP contribution in [-0.4, -0.2) is 27.0 Å². The van der Waals surface area contributed by atoms with Gasteiger partial charge >= 0.3 is 0 Å². The molecule has 0 amide bonds. The SMILES string of the molecule is Cc1cc(C2(CBr)OCCO2)c(S(N)(=O)=O)s1. The Bertz CT molecular complexity index is 519. The summed E-state index contributed by atoms with van der Waals surface area (Å²) in [6.07, 6.45) is 0. The highest BCUT2D eigenvalue weighted by Gasteiger charge is 2.42. The highest BCUT2D eigenvalue weighted by atomic mass is 79.9. The van der Waals surface area contributed by atoms with Crippen LogP contribution >= 0.6 is 27.3 Å². The monoisotopic (exact) mass is 341 g/mol.